The summed E-state index contributed by atoms with van der Waals surface area (Å²) in [5, 5.41) is 15.5. The maximum atomic E-state index is 12.5. The van der Waals surface area contributed by atoms with Crippen molar-refractivity contribution in [2.45, 2.75) is 40.0 Å². The lowest BCUT2D eigenvalue weighted by Crippen LogP contribution is -2.44. The van der Waals surface area contributed by atoms with E-state index in [9.17, 15) is 19.7 Å². The number of carbonyl (C=O) groups is 2. The van der Waals surface area contributed by atoms with Gasteiger partial charge < -0.3 is 4.74 Å². The third-order valence-corrected chi connectivity index (χ3v) is 7.23. The number of nitro benzene ring substituents is 1. The summed E-state index contributed by atoms with van der Waals surface area (Å²) in [6.45, 7) is 6.21. The van der Waals surface area contributed by atoms with Crippen LogP contribution in [0.5, 0.6) is 5.75 Å². The van der Waals surface area contributed by atoms with E-state index in [0.717, 1.165) is 18.6 Å². The maximum absolute atomic E-state index is 12.5. The number of hydrogen-bond donors (Lipinski definition) is 1. The number of nitrogens with zero attached hydrogens (tertiary/aromatic N) is 3. The molecule has 2 amide bonds. The molecule has 0 spiro atoms. The van der Waals surface area contributed by atoms with Crippen molar-refractivity contribution in [3.8, 4) is 5.75 Å². The molecule has 1 aromatic rings. The van der Waals surface area contributed by atoms with Gasteiger partial charge in [0.05, 0.1) is 10.6 Å². The molecule has 2 fully saturated rings. The topological polar surface area (TPSA) is 114 Å². The quantitative estimate of drug-likeness (QED) is 0.616. The number of benzene rings is 1. The minimum absolute atomic E-state index is 0.0348. The monoisotopic (exact) mass is 400 g/mol. The first-order chi connectivity index (χ1) is 13.6. The predicted molar refractivity (Wildman–Crippen MR) is 106 cm³/mol. The predicted octanol–water partition coefficient (Wildman–Crippen LogP) is 2.64. The number of anilines is 1. The Hall–Kier alpha value is -2.97. The van der Waals surface area contributed by atoms with Gasteiger partial charge in [-0.05, 0) is 36.7 Å². The molecule has 4 rings (SSSR count). The molecule has 2 bridgehead atoms. The number of hydrogen-bond acceptors (Lipinski definition) is 6. The lowest BCUT2D eigenvalue weighted by Gasteiger charge is -2.34. The van der Waals surface area contributed by atoms with E-state index >= 15 is 0 Å². The first kappa shape index (κ1) is 19.4. The van der Waals surface area contributed by atoms with Crippen molar-refractivity contribution >= 4 is 28.9 Å². The molecule has 1 aliphatic heterocycles. The first-order valence-electron chi connectivity index (χ1n) is 9.71. The number of nitrogens with one attached hydrogen (secondary N) is 1. The highest BCUT2D eigenvalue weighted by Gasteiger charge is 2.60. The summed E-state index contributed by atoms with van der Waals surface area (Å²) < 4.78 is 5.32. The van der Waals surface area contributed by atoms with E-state index in [0.29, 0.717) is 11.7 Å². The second-order valence-corrected chi connectivity index (χ2v) is 8.76. The van der Waals surface area contributed by atoms with Crippen LogP contribution >= 0.6 is 0 Å². The number of amides is 2. The van der Waals surface area contributed by atoms with E-state index in [1.54, 1.807) is 0 Å². The minimum Gasteiger partial charge on any atom is -0.482 e. The summed E-state index contributed by atoms with van der Waals surface area (Å²) in [5.74, 6) is 0.0104. The van der Waals surface area contributed by atoms with Crippen molar-refractivity contribution in [1.29, 1.82) is 0 Å². The SMILES string of the molecule is CC1(C)[C@H]2CC[C@]1(C)/C(=N/NC(=O)CN1C(=O)COc3ccc([N+](=O)[O-])cc31)C2. The molecule has 9 nitrogen and oxygen atoms in total. The Bertz CT molecular complexity index is 941. The van der Waals surface area contributed by atoms with Crippen LogP contribution in [0.4, 0.5) is 11.4 Å². The second-order valence-electron chi connectivity index (χ2n) is 8.76. The molecule has 1 aromatic carbocycles. The van der Waals surface area contributed by atoms with Gasteiger partial charge in [0.15, 0.2) is 6.61 Å². The smallest absolute Gasteiger partial charge is 0.271 e. The number of hydrazone groups is 1. The highest BCUT2D eigenvalue weighted by atomic mass is 16.6. The number of carbonyl (C=O) groups excluding carboxylic acids is 2. The molecule has 2 saturated carbocycles. The van der Waals surface area contributed by atoms with Gasteiger partial charge in [0.1, 0.15) is 12.3 Å². The summed E-state index contributed by atoms with van der Waals surface area (Å²) in [6, 6.07) is 3.98. The van der Waals surface area contributed by atoms with Crippen LogP contribution in [0.1, 0.15) is 40.0 Å². The van der Waals surface area contributed by atoms with Gasteiger partial charge in [-0.25, -0.2) is 5.43 Å². The van der Waals surface area contributed by atoms with Gasteiger partial charge in [0, 0.05) is 23.3 Å². The van der Waals surface area contributed by atoms with E-state index in [1.807, 2.05) is 0 Å². The van der Waals surface area contributed by atoms with Gasteiger partial charge in [0.2, 0.25) is 0 Å². The third-order valence-electron chi connectivity index (χ3n) is 7.23. The van der Waals surface area contributed by atoms with Crippen LogP contribution in [0.15, 0.2) is 23.3 Å². The molecule has 2 atom stereocenters. The molecule has 3 aliphatic rings. The van der Waals surface area contributed by atoms with Gasteiger partial charge in [-0.1, -0.05) is 20.8 Å². The molecule has 1 heterocycles. The average Bonchev–Trinajstić information content (AvgIpc) is 3.01. The van der Waals surface area contributed by atoms with Crippen molar-refractivity contribution in [3.63, 3.8) is 0 Å². The number of fused-ring (bicyclic) bond motifs is 3. The Labute approximate surface area is 168 Å². The van der Waals surface area contributed by atoms with E-state index in [-0.39, 0.29) is 35.4 Å². The fourth-order valence-corrected chi connectivity index (χ4v) is 4.88. The van der Waals surface area contributed by atoms with Gasteiger partial charge >= 0.3 is 0 Å². The lowest BCUT2D eigenvalue weighted by atomic mass is 9.70. The largest absolute Gasteiger partial charge is 0.482 e. The van der Waals surface area contributed by atoms with Gasteiger partial charge in [0.25, 0.3) is 17.5 Å². The Morgan fingerprint density at radius 2 is 2.17 bits per heavy atom. The standard InChI is InChI=1S/C20H24N4O5/c1-19(2)12-6-7-20(19,3)16(8-12)21-22-17(25)10-23-14-9-13(24(27)28)4-5-15(14)29-11-18(23)26/h4-5,9,12H,6-8,10-11H2,1-3H3,(H,22,25)/b21-16+/t12-,20+/m0/s1. The lowest BCUT2D eigenvalue weighted by molar-refractivity contribution is -0.384. The summed E-state index contributed by atoms with van der Waals surface area (Å²) >= 11 is 0. The fourth-order valence-electron chi connectivity index (χ4n) is 4.88. The number of nitro groups is 1. The number of non-ortho nitro benzene ring substituents is 1. The zero-order valence-corrected chi connectivity index (χ0v) is 16.7. The Kier molecular flexibility index (Phi) is 4.36. The van der Waals surface area contributed by atoms with Crippen molar-refractivity contribution in [2.75, 3.05) is 18.1 Å². The van der Waals surface area contributed by atoms with Crippen molar-refractivity contribution in [2.24, 2.45) is 21.8 Å². The Morgan fingerprint density at radius 1 is 1.41 bits per heavy atom. The first-order valence-corrected chi connectivity index (χ1v) is 9.71. The molecule has 0 radical (unpaired) electrons. The summed E-state index contributed by atoms with van der Waals surface area (Å²) in [4.78, 5) is 36.5. The van der Waals surface area contributed by atoms with Gasteiger partial charge in [-0.15, -0.1) is 0 Å². The minimum atomic E-state index is -0.554. The highest BCUT2D eigenvalue weighted by molar-refractivity contribution is 6.03. The second kappa shape index (κ2) is 6.53. The van der Waals surface area contributed by atoms with Crippen LogP contribution in [-0.2, 0) is 9.59 Å². The molecule has 9 heteroatoms. The molecular weight excluding hydrogens is 376 g/mol. The maximum Gasteiger partial charge on any atom is 0.271 e. The van der Waals surface area contributed by atoms with Crippen molar-refractivity contribution in [3.05, 3.63) is 28.3 Å². The van der Waals surface area contributed by atoms with E-state index in [4.69, 9.17) is 4.74 Å². The molecule has 1 N–H and O–H groups in total. The van der Waals surface area contributed by atoms with Crippen LogP contribution < -0.4 is 15.1 Å². The van der Waals surface area contributed by atoms with Crippen LogP contribution in [0, 0.1) is 26.9 Å². The zero-order valence-electron chi connectivity index (χ0n) is 16.7. The summed E-state index contributed by atoms with van der Waals surface area (Å²) in [7, 11) is 0. The molecule has 29 heavy (non-hydrogen) atoms. The van der Waals surface area contributed by atoms with Crippen LogP contribution in [0.25, 0.3) is 0 Å². The molecular formula is C20H24N4O5. The zero-order chi connectivity index (χ0) is 21.0. The van der Waals surface area contributed by atoms with Gasteiger partial charge in [-0.3, -0.25) is 24.6 Å². The van der Waals surface area contributed by atoms with Crippen LogP contribution in [0.2, 0.25) is 0 Å². The molecule has 0 aromatic heterocycles. The van der Waals surface area contributed by atoms with Crippen molar-refractivity contribution < 1.29 is 19.2 Å². The number of ether oxygens (including phenoxy) is 1. The van der Waals surface area contributed by atoms with E-state index in [2.05, 4.69) is 31.3 Å². The van der Waals surface area contributed by atoms with E-state index < -0.39 is 16.7 Å². The van der Waals surface area contributed by atoms with E-state index in [1.165, 1.54) is 29.5 Å². The average molecular weight is 400 g/mol. The van der Waals surface area contributed by atoms with Crippen LogP contribution in [0.3, 0.4) is 0 Å². The van der Waals surface area contributed by atoms with Gasteiger partial charge in [-0.2, -0.15) is 5.10 Å². The summed E-state index contributed by atoms with van der Waals surface area (Å²) in [5.41, 5.74) is 3.74. The van der Waals surface area contributed by atoms with Crippen molar-refractivity contribution in [1.82, 2.24) is 5.43 Å². The highest BCUT2D eigenvalue weighted by Crippen LogP contribution is 2.63. The third kappa shape index (κ3) is 2.95. The molecule has 0 unspecified atom stereocenters. The normalized spacial score (nSPS) is 28.2. The molecule has 0 saturated heterocycles. The Morgan fingerprint density at radius 3 is 2.79 bits per heavy atom. The Balaban J connectivity index is 1.50. The number of rotatable bonds is 4. The fraction of sp³-hybridized carbons (Fsp3) is 0.550. The molecule has 2 aliphatic carbocycles. The van der Waals surface area contributed by atoms with Crippen LogP contribution in [-0.4, -0.2) is 35.6 Å². The molecule has 154 valence electrons. The summed E-state index contributed by atoms with van der Waals surface area (Å²) in [6.07, 6.45) is 3.10.